The van der Waals surface area contributed by atoms with Gasteiger partial charge in [0.05, 0.1) is 5.56 Å². The molecule has 2 heterocycles. The van der Waals surface area contributed by atoms with Gasteiger partial charge in [-0.2, -0.15) is 0 Å². The summed E-state index contributed by atoms with van der Waals surface area (Å²) < 4.78 is 0. The number of primary amides is 1. The van der Waals surface area contributed by atoms with Crippen molar-refractivity contribution < 1.29 is 14.4 Å². The Morgan fingerprint density at radius 2 is 1.84 bits per heavy atom. The van der Waals surface area contributed by atoms with E-state index in [9.17, 15) is 14.4 Å². The Kier molecular flexibility index (Phi) is 7.16. The standard InChI is InChI=1S/C30H39N5O3/c1-4-6-21(7-5-2)33-24-14-19(8-10-23(24)28(31)37)29(38)34-22-15-26-30(16-22)13-12-25(30)35(26)27-11-9-20(17-32-27)18(3)36/h8-11,14,17,21-22,25-26,33H,4-7,12-13,15-16H2,1-3H3,(H2,31,37)(H,34,38). The SMILES string of the molecule is CCCC(CCC)Nc1cc(C(=O)NC2CC3N(c4ccc(C(C)=O)cn4)C4CCC43C2)ccc1C(N)=O. The van der Waals surface area contributed by atoms with Crippen molar-refractivity contribution >= 4 is 29.1 Å². The number of amides is 2. The molecule has 3 fully saturated rings. The van der Waals surface area contributed by atoms with Crippen LogP contribution in [-0.2, 0) is 0 Å². The summed E-state index contributed by atoms with van der Waals surface area (Å²) in [5, 5.41) is 6.76. The lowest BCUT2D eigenvalue weighted by atomic mass is 9.53. The molecule has 5 rings (SSSR count). The minimum Gasteiger partial charge on any atom is -0.382 e. The van der Waals surface area contributed by atoms with E-state index in [1.54, 1.807) is 31.3 Å². The highest BCUT2D eigenvalue weighted by atomic mass is 16.2. The molecular weight excluding hydrogens is 478 g/mol. The van der Waals surface area contributed by atoms with E-state index >= 15 is 0 Å². The van der Waals surface area contributed by atoms with Crippen LogP contribution in [-0.4, -0.2) is 46.7 Å². The topological polar surface area (TPSA) is 117 Å². The van der Waals surface area contributed by atoms with Crippen LogP contribution in [0.15, 0.2) is 36.5 Å². The zero-order valence-electron chi connectivity index (χ0n) is 22.6. The number of Topliss-reactive ketones (excluding diaryl/α,β-unsaturated/α-hetero) is 1. The molecule has 2 amide bonds. The van der Waals surface area contributed by atoms with E-state index in [-0.39, 0.29) is 29.2 Å². The molecule has 0 radical (unpaired) electrons. The number of piperidine rings is 1. The van der Waals surface area contributed by atoms with Crippen LogP contribution in [0, 0.1) is 5.41 Å². The van der Waals surface area contributed by atoms with Gasteiger partial charge in [-0.15, -0.1) is 0 Å². The third kappa shape index (κ3) is 4.54. The van der Waals surface area contributed by atoms with Gasteiger partial charge in [-0.25, -0.2) is 4.98 Å². The summed E-state index contributed by atoms with van der Waals surface area (Å²) in [6.07, 6.45) is 9.84. The molecular formula is C30H39N5O3. The Balaban J connectivity index is 1.28. The van der Waals surface area contributed by atoms with Crippen molar-refractivity contribution in [1.29, 1.82) is 0 Å². The Hall–Kier alpha value is -3.42. The van der Waals surface area contributed by atoms with Gasteiger partial charge in [0.1, 0.15) is 5.82 Å². The summed E-state index contributed by atoms with van der Waals surface area (Å²) in [5.74, 6) is 0.306. The van der Waals surface area contributed by atoms with Gasteiger partial charge in [0.25, 0.3) is 11.8 Å². The van der Waals surface area contributed by atoms with Gasteiger partial charge >= 0.3 is 0 Å². The molecule has 1 saturated heterocycles. The van der Waals surface area contributed by atoms with Crippen LogP contribution in [0.4, 0.5) is 11.5 Å². The molecule has 2 aliphatic carbocycles. The van der Waals surface area contributed by atoms with Crippen LogP contribution in [0.25, 0.3) is 0 Å². The molecule has 38 heavy (non-hydrogen) atoms. The summed E-state index contributed by atoms with van der Waals surface area (Å²) >= 11 is 0. The van der Waals surface area contributed by atoms with Crippen LogP contribution in [0.3, 0.4) is 0 Å². The highest BCUT2D eigenvalue weighted by Gasteiger charge is 2.69. The summed E-state index contributed by atoms with van der Waals surface area (Å²) in [5.41, 5.74) is 8.09. The average molecular weight is 518 g/mol. The average Bonchev–Trinajstić information content (AvgIpc) is 3.25. The van der Waals surface area contributed by atoms with Crippen molar-refractivity contribution in [2.75, 3.05) is 10.2 Å². The zero-order chi connectivity index (χ0) is 27.0. The first-order valence-electron chi connectivity index (χ1n) is 14.0. The number of carbonyl (C=O) groups excluding carboxylic acids is 3. The Labute approximate surface area is 224 Å². The Morgan fingerprint density at radius 1 is 1.11 bits per heavy atom. The van der Waals surface area contributed by atoms with Crippen molar-refractivity contribution in [1.82, 2.24) is 10.3 Å². The van der Waals surface area contributed by atoms with Crippen molar-refractivity contribution in [2.24, 2.45) is 11.1 Å². The fourth-order valence-electron chi connectivity index (χ4n) is 7.07. The molecule has 2 saturated carbocycles. The lowest BCUT2D eigenvalue weighted by Gasteiger charge is -2.68. The summed E-state index contributed by atoms with van der Waals surface area (Å²) in [7, 11) is 0. The number of hydrogen-bond acceptors (Lipinski definition) is 6. The number of nitrogens with two attached hydrogens (primary N) is 1. The third-order valence-electron chi connectivity index (χ3n) is 8.95. The summed E-state index contributed by atoms with van der Waals surface area (Å²) in [4.78, 5) is 44.1. The molecule has 2 aromatic rings. The molecule has 1 aromatic heterocycles. The minimum atomic E-state index is -0.501. The second-order valence-electron chi connectivity index (χ2n) is 11.3. The molecule has 8 nitrogen and oxygen atoms in total. The fourth-order valence-corrected chi connectivity index (χ4v) is 7.07. The maximum absolute atomic E-state index is 13.3. The molecule has 0 bridgehead atoms. The Bertz CT molecular complexity index is 1220. The number of pyridine rings is 1. The van der Waals surface area contributed by atoms with Gasteiger partial charge in [-0.05, 0) is 75.8 Å². The molecule has 3 aliphatic rings. The van der Waals surface area contributed by atoms with E-state index in [1.807, 2.05) is 12.1 Å². The van der Waals surface area contributed by atoms with Gasteiger partial charge < -0.3 is 21.3 Å². The maximum Gasteiger partial charge on any atom is 0.251 e. The second kappa shape index (κ2) is 10.4. The number of hydrogen-bond donors (Lipinski definition) is 3. The first-order chi connectivity index (χ1) is 18.3. The van der Waals surface area contributed by atoms with E-state index < -0.39 is 5.91 Å². The van der Waals surface area contributed by atoms with Gasteiger partial charge in [0, 0.05) is 52.6 Å². The fraction of sp³-hybridized carbons (Fsp3) is 0.533. The normalized spacial score (nSPS) is 25.2. The van der Waals surface area contributed by atoms with E-state index in [0.29, 0.717) is 34.5 Å². The van der Waals surface area contributed by atoms with Gasteiger partial charge in [-0.1, -0.05) is 26.7 Å². The third-order valence-corrected chi connectivity index (χ3v) is 8.95. The predicted molar refractivity (Wildman–Crippen MR) is 149 cm³/mol. The minimum absolute atomic E-state index is 0.0164. The van der Waals surface area contributed by atoms with Crippen LogP contribution >= 0.6 is 0 Å². The number of rotatable bonds is 11. The zero-order valence-corrected chi connectivity index (χ0v) is 22.6. The molecule has 4 atom stereocenters. The largest absolute Gasteiger partial charge is 0.382 e. The van der Waals surface area contributed by atoms with Gasteiger partial charge in [0.2, 0.25) is 0 Å². The van der Waals surface area contributed by atoms with Crippen LogP contribution in [0.1, 0.15) is 103 Å². The smallest absolute Gasteiger partial charge is 0.251 e. The highest BCUT2D eigenvalue weighted by molar-refractivity contribution is 6.02. The summed E-state index contributed by atoms with van der Waals surface area (Å²) in [6.45, 7) is 5.83. The van der Waals surface area contributed by atoms with E-state index in [4.69, 9.17) is 5.73 Å². The number of aromatic nitrogens is 1. The monoisotopic (exact) mass is 517 g/mol. The van der Waals surface area contributed by atoms with Gasteiger partial charge in [-0.3, -0.25) is 14.4 Å². The quantitative estimate of drug-likeness (QED) is 0.372. The summed E-state index contributed by atoms with van der Waals surface area (Å²) in [6, 6.07) is 10.0. The molecule has 8 heteroatoms. The first kappa shape index (κ1) is 26.2. The molecule has 202 valence electrons. The van der Waals surface area contributed by atoms with Crippen molar-refractivity contribution in [3.8, 4) is 0 Å². The van der Waals surface area contributed by atoms with Crippen molar-refractivity contribution in [3.05, 3.63) is 53.2 Å². The van der Waals surface area contributed by atoms with Gasteiger partial charge in [0.15, 0.2) is 5.78 Å². The van der Waals surface area contributed by atoms with Crippen LogP contribution in [0.5, 0.6) is 0 Å². The molecule has 1 aromatic carbocycles. The molecule has 4 unspecified atom stereocenters. The van der Waals surface area contributed by atoms with E-state index in [0.717, 1.165) is 50.8 Å². The Morgan fingerprint density at radius 3 is 2.42 bits per heavy atom. The lowest BCUT2D eigenvalue weighted by molar-refractivity contribution is -0.0172. The number of nitrogens with one attached hydrogen (secondary N) is 2. The number of benzene rings is 1. The predicted octanol–water partition coefficient (Wildman–Crippen LogP) is 4.69. The second-order valence-corrected chi connectivity index (χ2v) is 11.3. The number of carbonyl (C=O) groups is 3. The number of nitrogens with zero attached hydrogens (tertiary/aromatic N) is 2. The van der Waals surface area contributed by atoms with E-state index in [2.05, 4.69) is 34.4 Å². The molecule has 4 N–H and O–H groups in total. The van der Waals surface area contributed by atoms with E-state index in [1.165, 1.54) is 6.42 Å². The highest BCUT2D eigenvalue weighted by Crippen LogP contribution is 2.65. The van der Waals surface area contributed by atoms with Crippen LogP contribution < -0.4 is 21.3 Å². The lowest BCUT2D eigenvalue weighted by Crippen LogP contribution is -2.75. The number of anilines is 2. The number of ketones is 1. The maximum atomic E-state index is 13.3. The van der Waals surface area contributed by atoms with Crippen molar-refractivity contribution in [2.45, 2.75) is 96.3 Å². The molecule has 1 spiro atoms. The first-order valence-corrected chi connectivity index (χ1v) is 14.0. The van der Waals surface area contributed by atoms with Crippen molar-refractivity contribution in [3.63, 3.8) is 0 Å². The van der Waals surface area contributed by atoms with Crippen LogP contribution in [0.2, 0.25) is 0 Å². The molecule has 1 aliphatic heterocycles.